The highest BCUT2D eigenvalue weighted by molar-refractivity contribution is 6.28. The molecule has 0 bridgehead atoms. The van der Waals surface area contributed by atoms with Gasteiger partial charge >= 0.3 is 0 Å². The first-order chi connectivity index (χ1) is 15.0. The van der Waals surface area contributed by atoms with Crippen molar-refractivity contribution in [1.82, 2.24) is 9.97 Å². The topological polar surface area (TPSA) is 106 Å². The fraction of sp³-hybridized carbons (Fsp3) is 0.273. The van der Waals surface area contributed by atoms with E-state index in [1.54, 1.807) is 32.4 Å². The average molecular weight is 464 g/mol. The molecule has 0 saturated heterocycles. The number of hydrogen-bond donors (Lipinski definition) is 1. The van der Waals surface area contributed by atoms with Gasteiger partial charge in [-0.1, -0.05) is 5.92 Å². The predicted octanol–water partition coefficient (Wildman–Crippen LogP) is 3.37. The van der Waals surface area contributed by atoms with Gasteiger partial charge in [0.1, 0.15) is 24.8 Å². The average Bonchev–Trinajstić information content (AvgIpc) is 2.74. The molecule has 2 aromatic carbocycles. The normalized spacial score (nSPS) is 10.3. The van der Waals surface area contributed by atoms with Crippen LogP contribution in [0.3, 0.4) is 0 Å². The third-order valence-corrected chi connectivity index (χ3v) is 4.32. The molecule has 0 aliphatic carbocycles. The number of terminal acetylenes is 1. The maximum absolute atomic E-state index is 13.9. The van der Waals surface area contributed by atoms with Crippen molar-refractivity contribution in [2.75, 3.05) is 46.0 Å². The Bertz CT molecular complexity index is 1110. The predicted molar refractivity (Wildman–Crippen MR) is 121 cm³/mol. The highest BCUT2D eigenvalue weighted by Crippen LogP contribution is 2.36. The lowest BCUT2D eigenvalue weighted by molar-refractivity contribution is 0.132. The number of nitrogens with zero attached hydrogens (tertiary/aromatic N) is 2. The Kier molecular flexibility index (Phi) is 9.43. The lowest BCUT2D eigenvalue weighted by Crippen LogP contribution is -2.09. The summed E-state index contributed by atoms with van der Waals surface area (Å²) in [4.78, 5) is 8.52. The SMILES string of the molecule is C#Cc1cc(F)cc(Nc2nc(Cl)nc3cc(OCCOC)c(OCCOC)cc23)c1.O. The van der Waals surface area contributed by atoms with Gasteiger partial charge in [0.25, 0.3) is 0 Å². The summed E-state index contributed by atoms with van der Waals surface area (Å²) in [5, 5.41) is 3.67. The number of rotatable bonds is 10. The van der Waals surface area contributed by atoms with E-state index in [-0.39, 0.29) is 10.8 Å². The number of benzene rings is 2. The van der Waals surface area contributed by atoms with E-state index in [1.165, 1.54) is 12.1 Å². The van der Waals surface area contributed by atoms with Crippen LogP contribution in [-0.2, 0) is 9.47 Å². The lowest BCUT2D eigenvalue weighted by atomic mass is 10.1. The Morgan fingerprint density at radius 2 is 1.62 bits per heavy atom. The molecule has 170 valence electrons. The van der Waals surface area contributed by atoms with E-state index in [2.05, 4.69) is 21.2 Å². The zero-order valence-electron chi connectivity index (χ0n) is 17.6. The summed E-state index contributed by atoms with van der Waals surface area (Å²) in [6.45, 7) is 1.44. The fourth-order valence-electron chi connectivity index (χ4n) is 2.78. The molecule has 0 atom stereocenters. The van der Waals surface area contributed by atoms with Gasteiger partial charge < -0.3 is 29.7 Å². The molecule has 0 unspecified atom stereocenters. The first-order valence-electron chi connectivity index (χ1n) is 9.33. The minimum absolute atomic E-state index is 0. The van der Waals surface area contributed by atoms with Crippen LogP contribution in [-0.4, -0.2) is 56.1 Å². The van der Waals surface area contributed by atoms with Crippen molar-refractivity contribution in [3.8, 4) is 23.8 Å². The Labute approximate surface area is 189 Å². The smallest absolute Gasteiger partial charge is 0.224 e. The van der Waals surface area contributed by atoms with E-state index in [0.717, 1.165) is 0 Å². The molecule has 0 aliphatic heterocycles. The van der Waals surface area contributed by atoms with Crippen molar-refractivity contribution < 1.29 is 28.8 Å². The molecule has 10 heteroatoms. The number of hydrogen-bond acceptors (Lipinski definition) is 7. The molecule has 3 aromatic rings. The molecule has 1 aromatic heterocycles. The summed E-state index contributed by atoms with van der Waals surface area (Å²) >= 11 is 6.12. The van der Waals surface area contributed by atoms with Gasteiger partial charge in [0.15, 0.2) is 11.5 Å². The van der Waals surface area contributed by atoms with E-state index in [9.17, 15) is 4.39 Å². The van der Waals surface area contributed by atoms with Crippen LogP contribution in [0.2, 0.25) is 5.28 Å². The number of halogens is 2. The van der Waals surface area contributed by atoms with Crippen LogP contribution in [0.25, 0.3) is 10.9 Å². The zero-order valence-corrected chi connectivity index (χ0v) is 18.3. The van der Waals surface area contributed by atoms with Gasteiger partial charge in [-0.15, -0.1) is 6.42 Å². The van der Waals surface area contributed by atoms with Gasteiger partial charge in [-0.25, -0.2) is 9.37 Å². The summed E-state index contributed by atoms with van der Waals surface area (Å²) in [5.41, 5.74) is 1.33. The Hall–Kier alpha value is -3.16. The summed E-state index contributed by atoms with van der Waals surface area (Å²) in [6.07, 6.45) is 5.40. The van der Waals surface area contributed by atoms with E-state index in [1.807, 2.05) is 0 Å². The molecule has 0 fully saturated rings. The number of nitrogens with one attached hydrogen (secondary N) is 1. The number of aromatic nitrogens is 2. The maximum Gasteiger partial charge on any atom is 0.224 e. The Morgan fingerprint density at radius 1 is 0.969 bits per heavy atom. The van der Waals surface area contributed by atoms with Crippen molar-refractivity contribution in [2.45, 2.75) is 0 Å². The minimum Gasteiger partial charge on any atom is -0.487 e. The largest absolute Gasteiger partial charge is 0.487 e. The molecule has 3 N–H and O–H groups in total. The fourth-order valence-corrected chi connectivity index (χ4v) is 2.96. The molecule has 0 spiro atoms. The number of fused-ring (bicyclic) bond motifs is 1. The van der Waals surface area contributed by atoms with Crippen LogP contribution < -0.4 is 14.8 Å². The molecule has 3 rings (SSSR count). The van der Waals surface area contributed by atoms with E-state index in [4.69, 9.17) is 37.0 Å². The standard InChI is InChI=1S/C22H21ClFN3O4.H2O/c1-4-14-9-15(24)11-16(10-14)25-21-17-12-19(30-7-5-28-2)20(31-8-6-29-3)13-18(17)26-22(23)27-21;/h1,9-13H,5-8H2,2-3H3,(H,25,26,27);1H2. The molecular weight excluding hydrogens is 441 g/mol. The van der Waals surface area contributed by atoms with Gasteiger partial charge in [-0.05, 0) is 35.9 Å². The number of ether oxygens (including phenoxy) is 4. The second-order valence-electron chi connectivity index (χ2n) is 6.34. The number of methoxy groups -OCH3 is 2. The molecule has 1 heterocycles. The second kappa shape index (κ2) is 12.0. The van der Waals surface area contributed by atoms with Gasteiger partial charge in [-0.3, -0.25) is 0 Å². The first kappa shape index (κ1) is 25.1. The van der Waals surface area contributed by atoms with Crippen LogP contribution in [0.1, 0.15) is 5.56 Å². The highest BCUT2D eigenvalue weighted by Gasteiger charge is 2.15. The summed E-state index contributed by atoms with van der Waals surface area (Å²) in [5.74, 6) is 3.25. The molecule has 0 saturated carbocycles. The molecule has 0 aliphatic rings. The van der Waals surface area contributed by atoms with Gasteiger partial charge in [0.2, 0.25) is 5.28 Å². The Balaban J connectivity index is 0.00000363. The van der Waals surface area contributed by atoms with E-state index in [0.29, 0.717) is 65.9 Å². The molecule has 0 amide bonds. The monoisotopic (exact) mass is 463 g/mol. The van der Waals surface area contributed by atoms with Crippen LogP contribution in [0.5, 0.6) is 11.5 Å². The van der Waals surface area contributed by atoms with Crippen LogP contribution in [0, 0.1) is 18.2 Å². The maximum atomic E-state index is 13.9. The minimum atomic E-state index is -0.472. The zero-order chi connectivity index (χ0) is 22.2. The molecule has 0 radical (unpaired) electrons. The van der Waals surface area contributed by atoms with E-state index < -0.39 is 5.82 Å². The highest BCUT2D eigenvalue weighted by atomic mass is 35.5. The molecule has 8 nitrogen and oxygen atoms in total. The summed E-state index contributed by atoms with van der Waals surface area (Å²) in [7, 11) is 3.17. The van der Waals surface area contributed by atoms with Gasteiger partial charge in [0, 0.05) is 36.9 Å². The van der Waals surface area contributed by atoms with Gasteiger partial charge in [0.05, 0.1) is 18.7 Å². The van der Waals surface area contributed by atoms with Crippen molar-refractivity contribution in [1.29, 1.82) is 0 Å². The molecule has 32 heavy (non-hydrogen) atoms. The summed E-state index contributed by atoms with van der Waals surface area (Å²) < 4.78 is 35.6. The number of anilines is 2. The van der Waals surface area contributed by atoms with Gasteiger partial charge in [-0.2, -0.15) is 4.98 Å². The third-order valence-electron chi connectivity index (χ3n) is 4.15. The van der Waals surface area contributed by atoms with E-state index >= 15 is 0 Å². The Morgan fingerprint density at radius 3 is 2.25 bits per heavy atom. The first-order valence-corrected chi connectivity index (χ1v) is 9.71. The lowest BCUT2D eigenvalue weighted by Gasteiger charge is -2.15. The van der Waals surface area contributed by atoms with Crippen LogP contribution >= 0.6 is 11.6 Å². The summed E-state index contributed by atoms with van der Waals surface area (Å²) in [6, 6.07) is 7.63. The van der Waals surface area contributed by atoms with Crippen molar-refractivity contribution >= 4 is 34.0 Å². The van der Waals surface area contributed by atoms with Crippen LogP contribution in [0.4, 0.5) is 15.9 Å². The van der Waals surface area contributed by atoms with Crippen LogP contribution in [0.15, 0.2) is 30.3 Å². The molecular formula is C22H23ClFN3O5. The third kappa shape index (κ3) is 6.42. The van der Waals surface area contributed by atoms with Crippen molar-refractivity contribution in [3.05, 3.63) is 47.0 Å². The van der Waals surface area contributed by atoms with Crippen molar-refractivity contribution in [2.24, 2.45) is 0 Å². The second-order valence-corrected chi connectivity index (χ2v) is 6.68. The quantitative estimate of drug-likeness (QED) is 0.279. The van der Waals surface area contributed by atoms with Crippen molar-refractivity contribution in [3.63, 3.8) is 0 Å².